The quantitative estimate of drug-likeness (QED) is 0.612. The molecule has 0 amide bonds. The first-order valence-electron chi connectivity index (χ1n) is 5.83. The highest BCUT2D eigenvalue weighted by atomic mass is 16.3. The number of likely N-dealkylation sites (tertiary alicyclic amines) is 1. The number of aliphatic imine (C=N–C) groups is 1. The maximum absolute atomic E-state index is 5.94. The lowest BCUT2D eigenvalue weighted by Gasteiger charge is -2.30. The minimum atomic E-state index is 0.533. The van der Waals surface area contributed by atoms with Gasteiger partial charge in [-0.3, -0.25) is 0 Å². The van der Waals surface area contributed by atoms with Gasteiger partial charge < -0.3 is 15.1 Å². The summed E-state index contributed by atoms with van der Waals surface area (Å²) in [6.45, 7) is 4.86. The summed E-state index contributed by atoms with van der Waals surface area (Å²) in [6, 6.07) is 3.78. The molecule has 0 spiro atoms. The smallest absolute Gasteiger partial charge is 0.191 e. The Bertz CT molecular complexity index is 337. The summed E-state index contributed by atoms with van der Waals surface area (Å²) >= 11 is 0. The average molecular weight is 221 g/mol. The van der Waals surface area contributed by atoms with Gasteiger partial charge in [0.05, 0.1) is 6.26 Å². The summed E-state index contributed by atoms with van der Waals surface area (Å²) in [5.74, 6) is 2.31. The van der Waals surface area contributed by atoms with E-state index in [4.69, 9.17) is 10.2 Å². The second-order valence-electron chi connectivity index (χ2n) is 4.42. The fourth-order valence-electron chi connectivity index (χ4n) is 1.90. The highest BCUT2D eigenvalue weighted by Gasteiger charge is 2.16. The van der Waals surface area contributed by atoms with Crippen molar-refractivity contribution in [2.45, 2.75) is 26.3 Å². The Morgan fingerprint density at radius 1 is 1.56 bits per heavy atom. The van der Waals surface area contributed by atoms with Crippen molar-refractivity contribution in [2.24, 2.45) is 16.6 Å². The number of hydrogen-bond donors (Lipinski definition) is 1. The Morgan fingerprint density at radius 3 is 2.94 bits per heavy atom. The zero-order chi connectivity index (χ0) is 11.4. The summed E-state index contributed by atoms with van der Waals surface area (Å²) in [5, 5.41) is 0. The van der Waals surface area contributed by atoms with E-state index in [9.17, 15) is 0 Å². The Balaban J connectivity index is 1.86. The third kappa shape index (κ3) is 2.78. The van der Waals surface area contributed by atoms with E-state index in [1.165, 1.54) is 12.8 Å². The minimum absolute atomic E-state index is 0.533. The van der Waals surface area contributed by atoms with Crippen LogP contribution >= 0.6 is 0 Å². The van der Waals surface area contributed by atoms with Crippen molar-refractivity contribution in [1.29, 1.82) is 0 Å². The van der Waals surface area contributed by atoms with Gasteiger partial charge >= 0.3 is 0 Å². The van der Waals surface area contributed by atoms with E-state index in [1.807, 2.05) is 12.1 Å². The van der Waals surface area contributed by atoms with Gasteiger partial charge in [0.15, 0.2) is 5.96 Å². The zero-order valence-corrected chi connectivity index (χ0v) is 9.72. The molecule has 1 aliphatic rings. The van der Waals surface area contributed by atoms with E-state index < -0.39 is 0 Å². The van der Waals surface area contributed by atoms with Gasteiger partial charge in [-0.25, -0.2) is 4.99 Å². The van der Waals surface area contributed by atoms with E-state index in [-0.39, 0.29) is 0 Å². The predicted octanol–water partition coefficient (Wildman–Crippen LogP) is 1.83. The third-order valence-electron chi connectivity index (χ3n) is 3.08. The normalized spacial score (nSPS) is 19.1. The fourth-order valence-corrected chi connectivity index (χ4v) is 1.90. The van der Waals surface area contributed by atoms with E-state index in [2.05, 4.69) is 16.8 Å². The maximum Gasteiger partial charge on any atom is 0.191 e. The number of rotatable bonds is 2. The highest BCUT2D eigenvalue weighted by molar-refractivity contribution is 5.78. The van der Waals surface area contributed by atoms with Gasteiger partial charge in [0.1, 0.15) is 12.3 Å². The summed E-state index contributed by atoms with van der Waals surface area (Å²) in [7, 11) is 0. The minimum Gasteiger partial charge on any atom is -0.467 e. The molecule has 1 aliphatic heterocycles. The molecule has 88 valence electrons. The largest absolute Gasteiger partial charge is 0.467 e. The topological polar surface area (TPSA) is 54.8 Å². The number of piperidine rings is 1. The third-order valence-corrected chi connectivity index (χ3v) is 3.08. The Labute approximate surface area is 96.1 Å². The van der Waals surface area contributed by atoms with Crippen LogP contribution in [-0.4, -0.2) is 23.9 Å². The van der Waals surface area contributed by atoms with Crippen molar-refractivity contribution in [3.8, 4) is 0 Å². The predicted molar refractivity (Wildman–Crippen MR) is 64.0 cm³/mol. The van der Waals surface area contributed by atoms with Crippen molar-refractivity contribution >= 4 is 5.96 Å². The molecule has 1 aromatic rings. The monoisotopic (exact) mass is 221 g/mol. The lowest BCUT2D eigenvalue weighted by molar-refractivity contribution is 0.277. The summed E-state index contributed by atoms with van der Waals surface area (Å²) < 4.78 is 5.21. The SMILES string of the molecule is CC1CCN(C(N)=NCc2ccco2)CC1. The number of nitrogens with two attached hydrogens (primary N) is 1. The molecule has 0 aliphatic carbocycles. The van der Waals surface area contributed by atoms with E-state index in [0.29, 0.717) is 12.5 Å². The average Bonchev–Trinajstić information content (AvgIpc) is 2.80. The molecule has 0 saturated carbocycles. The van der Waals surface area contributed by atoms with Crippen molar-refractivity contribution in [3.63, 3.8) is 0 Å². The van der Waals surface area contributed by atoms with Crippen LogP contribution in [-0.2, 0) is 6.54 Å². The molecule has 0 atom stereocenters. The molecule has 4 heteroatoms. The molecule has 0 radical (unpaired) electrons. The number of nitrogens with zero attached hydrogens (tertiary/aromatic N) is 2. The van der Waals surface area contributed by atoms with E-state index in [0.717, 1.165) is 24.8 Å². The van der Waals surface area contributed by atoms with Crippen LogP contribution in [0.1, 0.15) is 25.5 Å². The van der Waals surface area contributed by atoms with Gasteiger partial charge in [0.2, 0.25) is 0 Å². The molecule has 16 heavy (non-hydrogen) atoms. The molecule has 2 rings (SSSR count). The van der Waals surface area contributed by atoms with Crippen molar-refractivity contribution in [1.82, 2.24) is 4.90 Å². The first kappa shape index (κ1) is 11.0. The number of furan rings is 1. The van der Waals surface area contributed by atoms with E-state index in [1.54, 1.807) is 6.26 Å². The summed E-state index contributed by atoms with van der Waals surface area (Å²) in [5.41, 5.74) is 5.94. The Kier molecular flexibility index (Phi) is 3.49. The molecule has 0 aromatic carbocycles. The van der Waals surface area contributed by atoms with Gasteiger partial charge in [-0.1, -0.05) is 6.92 Å². The number of hydrogen-bond acceptors (Lipinski definition) is 2. The molecule has 1 fully saturated rings. The van der Waals surface area contributed by atoms with Gasteiger partial charge in [-0.2, -0.15) is 0 Å². The van der Waals surface area contributed by atoms with Crippen LogP contribution in [0, 0.1) is 5.92 Å². The summed E-state index contributed by atoms with van der Waals surface area (Å²) in [4.78, 5) is 6.50. The second kappa shape index (κ2) is 5.05. The summed E-state index contributed by atoms with van der Waals surface area (Å²) in [6.07, 6.45) is 4.07. The maximum atomic E-state index is 5.94. The standard InChI is InChI=1S/C12H19N3O/c1-10-4-6-15(7-5-10)12(13)14-9-11-3-2-8-16-11/h2-3,8,10H,4-7,9H2,1H3,(H2,13,14). The van der Waals surface area contributed by atoms with Crippen LogP contribution in [0.4, 0.5) is 0 Å². The molecule has 1 saturated heterocycles. The molecule has 1 aromatic heterocycles. The molecular formula is C12H19N3O. The van der Waals surface area contributed by atoms with Crippen LogP contribution in [0.3, 0.4) is 0 Å². The van der Waals surface area contributed by atoms with Crippen LogP contribution < -0.4 is 5.73 Å². The van der Waals surface area contributed by atoms with Gasteiger partial charge in [-0.05, 0) is 30.9 Å². The van der Waals surface area contributed by atoms with Crippen molar-refractivity contribution < 1.29 is 4.42 Å². The van der Waals surface area contributed by atoms with Crippen LogP contribution in [0.15, 0.2) is 27.8 Å². The second-order valence-corrected chi connectivity index (χ2v) is 4.42. The van der Waals surface area contributed by atoms with Crippen molar-refractivity contribution in [3.05, 3.63) is 24.2 Å². The van der Waals surface area contributed by atoms with Gasteiger partial charge in [0, 0.05) is 13.1 Å². The molecule has 0 bridgehead atoms. The van der Waals surface area contributed by atoms with Crippen LogP contribution in [0.2, 0.25) is 0 Å². The number of guanidine groups is 1. The lowest BCUT2D eigenvalue weighted by atomic mass is 10.00. The van der Waals surface area contributed by atoms with Gasteiger partial charge in [0.25, 0.3) is 0 Å². The molecule has 2 heterocycles. The van der Waals surface area contributed by atoms with Gasteiger partial charge in [-0.15, -0.1) is 0 Å². The molecule has 2 N–H and O–H groups in total. The lowest BCUT2D eigenvalue weighted by Crippen LogP contribution is -2.42. The Morgan fingerprint density at radius 2 is 2.31 bits per heavy atom. The highest BCUT2D eigenvalue weighted by Crippen LogP contribution is 2.15. The Hall–Kier alpha value is -1.45. The molecule has 0 unspecified atom stereocenters. The van der Waals surface area contributed by atoms with Crippen LogP contribution in [0.25, 0.3) is 0 Å². The molecular weight excluding hydrogens is 202 g/mol. The van der Waals surface area contributed by atoms with E-state index >= 15 is 0 Å². The fraction of sp³-hybridized carbons (Fsp3) is 0.583. The van der Waals surface area contributed by atoms with Crippen molar-refractivity contribution in [2.75, 3.05) is 13.1 Å². The molecule has 4 nitrogen and oxygen atoms in total. The zero-order valence-electron chi connectivity index (χ0n) is 9.72. The first-order chi connectivity index (χ1) is 7.75. The first-order valence-corrected chi connectivity index (χ1v) is 5.83. The van der Waals surface area contributed by atoms with Crippen LogP contribution in [0.5, 0.6) is 0 Å².